The molecule has 3 aromatic rings. The van der Waals surface area contributed by atoms with E-state index in [0.29, 0.717) is 17.8 Å². The predicted molar refractivity (Wildman–Crippen MR) is 117 cm³/mol. The van der Waals surface area contributed by atoms with Gasteiger partial charge in [0.15, 0.2) is 0 Å². The van der Waals surface area contributed by atoms with E-state index in [1.807, 2.05) is 43.7 Å². The van der Waals surface area contributed by atoms with Crippen molar-refractivity contribution in [3.63, 3.8) is 0 Å². The first-order valence-corrected chi connectivity index (χ1v) is 11.2. The van der Waals surface area contributed by atoms with Crippen LogP contribution in [0.5, 0.6) is 0 Å². The molecule has 158 valence electrons. The minimum Gasteiger partial charge on any atom is -0.352 e. The highest BCUT2D eigenvalue weighted by Gasteiger charge is 2.16. The van der Waals surface area contributed by atoms with Gasteiger partial charge < -0.3 is 9.88 Å². The number of sulfonamides is 1. The number of anilines is 1. The molecular weight excluding hydrogens is 400 g/mol. The van der Waals surface area contributed by atoms with E-state index in [-0.39, 0.29) is 16.7 Å². The topological polar surface area (TPSA) is 93.1 Å². The molecule has 1 aromatic heterocycles. The van der Waals surface area contributed by atoms with Crippen LogP contribution >= 0.6 is 0 Å². The SMILES string of the molecule is Cc1ccc(NS(=O)(=O)c2ccc(C(=O)NCC(C)Cn3ccnc3C)cc2)cc1. The lowest BCUT2D eigenvalue weighted by Crippen LogP contribution is -2.30. The van der Waals surface area contributed by atoms with Crippen molar-refractivity contribution in [2.75, 3.05) is 11.3 Å². The van der Waals surface area contributed by atoms with Crippen molar-refractivity contribution in [2.45, 2.75) is 32.2 Å². The molecule has 1 unspecified atom stereocenters. The van der Waals surface area contributed by atoms with Crippen molar-refractivity contribution < 1.29 is 13.2 Å². The first kappa shape index (κ1) is 21.6. The molecule has 0 spiro atoms. The number of nitrogens with zero attached hydrogens (tertiary/aromatic N) is 2. The molecule has 0 fully saturated rings. The van der Waals surface area contributed by atoms with E-state index < -0.39 is 10.0 Å². The Balaban J connectivity index is 1.58. The molecule has 0 bridgehead atoms. The number of carbonyl (C=O) groups excluding carboxylic acids is 1. The van der Waals surface area contributed by atoms with Crippen molar-refractivity contribution >= 4 is 21.6 Å². The lowest BCUT2D eigenvalue weighted by atomic mass is 10.1. The Morgan fingerprint density at radius 1 is 1.07 bits per heavy atom. The minimum atomic E-state index is -3.72. The molecule has 2 N–H and O–H groups in total. The minimum absolute atomic E-state index is 0.101. The summed E-state index contributed by atoms with van der Waals surface area (Å²) < 4.78 is 29.7. The molecule has 0 aliphatic rings. The first-order valence-electron chi connectivity index (χ1n) is 9.70. The van der Waals surface area contributed by atoms with Crippen LogP contribution in [0, 0.1) is 19.8 Å². The van der Waals surface area contributed by atoms with Gasteiger partial charge in [-0.2, -0.15) is 0 Å². The van der Waals surface area contributed by atoms with Crippen molar-refractivity contribution in [1.82, 2.24) is 14.9 Å². The van der Waals surface area contributed by atoms with Crippen molar-refractivity contribution in [3.8, 4) is 0 Å². The number of hydrogen-bond donors (Lipinski definition) is 2. The maximum atomic E-state index is 12.5. The van der Waals surface area contributed by atoms with E-state index in [9.17, 15) is 13.2 Å². The molecule has 1 atom stereocenters. The third kappa shape index (κ3) is 5.48. The molecule has 3 rings (SSSR count). The summed E-state index contributed by atoms with van der Waals surface area (Å²) in [5.41, 5.74) is 1.95. The molecule has 2 aromatic carbocycles. The summed E-state index contributed by atoms with van der Waals surface area (Å²) in [7, 11) is -3.72. The average molecular weight is 427 g/mol. The fraction of sp³-hybridized carbons (Fsp3) is 0.273. The molecule has 0 radical (unpaired) electrons. The molecule has 0 aliphatic carbocycles. The summed E-state index contributed by atoms with van der Waals surface area (Å²) in [6.07, 6.45) is 3.67. The summed E-state index contributed by atoms with van der Waals surface area (Å²) in [5.74, 6) is 0.920. The van der Waals surface area contributed by atoms with Crippen molar-refractivity contribution in [2.24, 2.45) is 5.92 Å². The second kappa shape index (κ2) is 9.13. The maximum absolute atomic E-state index is 12.5. The van der Waals surface area contributed by atoms with Crippen LogP contribution in [-0.2, 0) is 16.6 Å². The van der Waals surface area contributed by atoms with Crippen LogP contribution in [-0.4, -0.2) is 30.4 Å². The quantitative estimate of drug-likeness (QED) is 0.578. The average Bonchev–Trinajstić information content (AvgIpc) is 3.12. The van der Waals surface area contributed by atoms with Crippen molar-refractivity contribution in [3.05, 3.63) is 77.9 Å². The molecule has 7 nitrogen and oxygen atoms in total. The zero-order valence-corrected chi connectivity index (χ0v) is 18.1. The van der Waals surface area contributed by atoms with Crippen LogP contribution < -0.4 is 10.0 Å². The number of benzene rings is 2. The molecule has 0 saturated heterocycles. The Hall–Kier alpha value is -3.13. The Morgan fingerprint density at radius 2 is 1.73 bits per heavy atom. The molecule has 1 amide bonds. The Bertz CT molecular complexity index is 1100. The van der Waals surface area contributed by atoms with Gasteiger partial charge in [-0.3, -0.25) is 9.52 Å². The number of rotatable bonds is 8. The summed E-state index contributed by atoms with van der Waals surface area (Å²) in [4.78, 5) is 16.7. The van der Waals surface area contributed by atoms with Crippen LogP contribution in [0.1, 0.15) is 28.7 Å². The summed E-state index contributed by atoms with van der Waals surface area (Å²) >= 11 is 0. The Kier molecular flexibility index (Phi) is 6.56. The smallest absolute Gasteiger partial charge is 0.261 e. The maximum Gasteiger partial charge on any atom is 0.261 e. The van der Waals surface area contributed by atoms with E-state index in [0.717, 1.165) is 17.9 Å². The van der Waals surface area contributed by atoms with Gasteiger partial charge in [-0.05, 0) is 56.2 Å². The Morgan fingerprint density at radius 3 is 2.33 bits per heavy atom. The number of aromatic nitrogens is 2. The van der Waals surface area contributed by atoms with Crippen LogP contribution in [0.15, 0.2) is 65.8 Å². The fourth-order valence-electron chi connectivity index (χ4n) is 2.99. The predicted octanol–water partition coefficient (Wildman–Crippen LogP) is 3.37. The number of carbonyl (C=O) groups is 1. The summed E-state index contributed by atoms with van der Waals surface area (Å²) in [6, 6.07) is 13.0. The number of nitrogens with one attached hydrogen (secondary N) is 2. The zero-order valence-electron chi connectivity index (χ0n) is 17.3. The lowest BCUT2D eigenvalue weighted by molar-refractivity contribution is 0.0946. The van der Waals surface area contributed by atoms with E-state index in [1.54, 1.807) is 18.3 Å². The lowest BCUT2D eigenvalue weighted by Gasteiger charge is -2.14. The van der Waals surface area contributed by atoms with Gasteiger partial charge in [0, 0.05) is 36.7 Å². The number of aryl methyl sites for hydroxylation is 2. The summed E-state index contributed by atoms with van der Waals surface area (Å²) in [5, 5.41) is 2.90. The van der Waals surface area contributed by atoms with Gasteiger partial charge in [-0.15, -0.1) is 0 Å². The van der Waals surface area contributed by atoms with Gasteiger partial charge in [0.1, 0.15) is 5.82 Å². The molecular formula is C22H26N4O3S. The second-order valence-corrected chi connectivity index (χ2v) is 9.12. The van der Waals surface area contributed by atoms with Crippen molar-refractivity contribution in [1.29, 1.82) is 0 Å². The van der Waals surface area contributed by atoms with E-state index in [2.05, 4.69) is 15.0 Å². The Labute approximate surface area is 177 Å². The van der Waals surface area contributed by atoms with E-state index in [1.165, 1.54) is 24.3 Å². The molecule has 0 saturated carbocycles. The van der Waals surface area contributed by atoms with Gasteiger partial charge >= 0.3 is 0 Å². The van der Waals surface area contributed by atoms with Gasteiger partial charge in [-0.25, -0.2) is 13.4 Å². The van der Waals surface area contributed by atoms with E-state index in [4.69, 9.17) is 0 Å². The highest BCUT2D eigenvalue weighted by Crippen LogP contribution is 2.17. The van der Waals surface area contributed by atoms with Gasteiger partial charge in [0.05, 0.1) is 4.90 Å². The van der Waals surface area contributed by atoms with Crippen LogP contribution in [0.25, 0.3) is 0 Å². The third-order valence-corrected chi connectivity index (χ3v) is 6.17. The normalized spacial score (nSPS) is 12.4. The van der Waals surface area contributed by atoms with Crippen LogP contribution in [0.3, 0.4) is 0 Å². The number of imidazole rings is 1. The highest BCUT2D eigenvalue weighted by atomic mass is 32.2. The van der Waals surface area contributed by atoms with Gasteiger partial charge in [0.25, 0.3) is 15.9 Å². The van der Waals surface area contributed by atoms with Crippen LogP contribution in [0.4, 0.5) is 5.69 Å². The number of hydrogen-bond acceptors (Lipinski definition) is 4. The van der Waals surface area contributed by atoms with Gasteiger partial charge in [-0.1, -0.05) is 24.6 Å². The highest BCUT2D eigenvalue weighted by molar-refractivity contribution is 7.92. The van der Waals surface area contributed by atoms with Crippen LogP contribution in [0.2, 0.25) is 0 Å². The largest absolute Gasteiger partial charge is 0.352 e. The fourth-order valence-corrected chi connectivity index (χ4v) is 4.05. The molecule has 30 heavy (non-hydrogen) atoms. The third-order valence-electron chi connectivity index (χ3n) is 4.77. The molecule has 1 heterocycles. The number of amides is 1. The van der Waals surface area contributed by atoms with Gasteiger partial charge in [0.2, 0.25) is 0 Å². The second-order valence-electron chi connectivity index (χ2n) is 7.44. The zero-order chi connectivity index (χ0) is 21.7. The van der Waals surface area contributed by atoms with E-state index >= 15 is 0 Å². The first-order chi connectivity index (χ1) is 14.2. The summed E-state index contributed by atoms with van der Waals surface area (Å²) in [6.45, 7) is 7.18. The standard InChI is InChI=1S/C22H26N4O3S/c1-16-4-8-20(9-5-16)25-30(28,29)21-10-6-19(7-11-21)22(27)24-14-17(2)15-26-13-12-23-18(26)3/h4-13,17,25H,14-15H2,1-3H3,(H,24,27). The monoisotopic (exact) mass is 426 g/mol. The molecule has 8 heteroatoms. The molecule has 0 aliphatic heterocycles.